The smallest absolute Gasteiger partial charge is 0.321 e. The van der Waals surface area contributed by atoms with Crippen LogP contribution in [-0.4, -0.2) is 29.1 Å². The Morgan fingerprint density at radius 1 is 1.57 bits per heavy atom. The molecule has 1 heterocycles. The Labute approximate surface area is 82.1 Å². The van der Waals surface area contributed by atoms with E-state index in [1.165, 1.54) is 0 Å². The van der Waals surface area contributed by atoms with Crippen molar-refractivity contribution in [3.63, 3.8) is 0 Å². The van der Waals surface area contributed by atoms with E-state index in [2.05, 4.69) is 20.8 Å². The maximum absolute atomic E-state index is 11.1. The fourth-order valence-corrected chi connectivity index (χ4v) is 0.852. The van der Waals surface area contributed by atoms with Gasteiger partial charge >= 0.3 is 6.01 Å². The van der Waals surface area contributed by atoms with Crippen LogP contribution in [0.5, 0.6) is 0 Å². The molecule has 0 bridgehead atoms. The zero-order chi connectivity index (χ0) is 10.4. The average Bonchev–Trinajstić information content (AvgIpc) is 2.58. The molecule has 6 heteroatoms. The summed E-state index contributed by atoms with van der Waals surface area (Å²) in [5.74, 6) is 0.462. The van der Waals surface area contributed by atoms with Crippen molar-refractivity contribution in [2.75, 3.05) is 18.4 Å². The highest BCUT2D eigenvalue weighted by Gasteiger charge is 2.04. The lowest BCUT2D eigenvalue weighted by Gasteiger charge is -2.02. The molecule has 1 aromatic heterocycles. The summed E-state index contributed by atoms with van der Waals surface area (Å²) in [6.45, 7) is 4.55. The number of carbonyl (C=O) groups excluding carboxylic acids is 1. The highest BCUT2D eigenvalue weighted by molar-refractivity contribution is 5.79. The minimum absolute atomic E-state index is 0.0808. The van der Waals surface area contributed by atoms with Crippen LogP contribution in [0.1, 0.15) is 19.2 Å². The number of anilines is 1. The number of nitrogens with one attached hydrogen (secondary N) is 2. The predicted molar refractivity (Wildman–Crippen MR) is 50.8 cm³/mol. The van der Waals surface area contributed by atoms with E-state index in [9.17, 15) is 4.79 Å². The van der Waals surface area contributed by atoms with Crippen LogP contribution in [0.4, 0.5) is 6.01 Å². The molecule has 0 aliphatic rings. The van der Waals surface area contributed by atoms with Crippen molar-refractivity contribution in [3.8, 4) is 0 Å². The molecule has 0 aromatic carbocycles. The number of carbonyl (C=O) groups is 1. The summed E-state index contributed by atoms with van der Waals surface area (Å²) in [7, 11) is 0. The van der Waals surface area contributed by atoms with Gasteiger partial charge in [-0.05, 0) is 13.3 Å². The molecule has 14 heavy (non-hydrogen) atoms. The van der Waals surface area contributed by atoms with E-state index in [-0.39, 0.29) is 18.5 Å². The lowest BCUT2D eigenvalue weighted by atomic mass is 10.4. The van der Waals surface area contributed by atoms with Crippen LogP contribution in [0.3, 0.4) is 0 Å². The maximum atomic E-state index is 11.1. The third-order valence-corrected chi connectivity index (χ3v) is 1.50. The van der Waals surface area contributed by atoms with Crippen molar-refractivity contribution in [1.29, 1.82) is 0 Å². The number of hydrogen-bond acceptors (Lipinski definition) is 5. The van der Waals surface area contributed by atoms with Crippen LogP contribution < -0.4 is 10.6 Å². The summed E-state index contributed by atoms with van der Waals surface area (Å²) in [4.78, 5) is 15.0. The molecular formula is C8H14N4O2. The van der Waals surface area contributed by atoms with Crippen molar-refractivity contribution in [2.45, 2.75) is 20.3 Å². The van der Waals surface area contributed by atoms with Crippen molar-refractivity contribution < 1.29 is 9.32 Å². The fourth-order valence-electron chi connectivity index (χ4n) is 0.852. The number of aromatic nitrogens is 2. The Morgan fingerprint density at radius 3 is 2.93 bits per heavy atom. The highest BCUT2D eigenvalue weighted by Crippen LogP contribution is 2.00. The van der Waals surface area contributed by atoms with E-state index >= 15 is 0 Å². The number of amides is 1. The molecule has 2 N–H and O–H groups in total. The Bertz CT molecular complexity index is 297. The molecule has 1 aromatic rings. The van der Waals surface area contributed by atoms with E-state index < -0.39 is 0 Å². The van der Waals surface area contributed by atoms with Crippen molar-refractivity contribution in [2.24, 2.45) is 0 Å². The number of hydrogen-bond donors (Lipinski definition) is 2. The molecule has 0 atom stereocenters. The molecule has 0 unspecified atom stereocenters. The fraction of sp³-hybridized carbons (Fsp3) is 0.625. The standard InChI is InChI=1S/C8H14N4O2/c1-3-4-9-7(13)5-10-8-11-6(2)12-14-8/h3-5H2,1-2H3,(H,9,13)(H,10,11,12). The Kier molecular flexibility index (Phi) is 3.90. The minimum atomic E-state index is -0.0808. The summed E-state index contributed by atoms with van der Waals surface area (Å²) in [6.07, 6.45) is 0.922. The second-order valence-corrected chi connectivity index (χ2v) is 2.85. The van der Waals surface area contributed by atoms with E-state index in [4.69, 9.17) is 4.52 Å². The van der Waals surface area contributed by atoms with Gasteiger partial charge < -0.3 is 15.2 Å². The molecule has 1 rings (SSSR count). The lowest BCUT2D eigenvalue weighted by molar-refractivity contribution is -0.119. The second kappa shape index (κ2) is 5.21. The molecule has 0 fully saturated rings. The number of aryl methyl sites for hydroxylation is 1. The summed E-state index contributed by atoms with van der Waals surface area (Å²) >= 11 is 0. The Balaban J connectivity index is 2.23. The highest BCUT2D eigenvalue weighted by atomic mass is 16.5. The normalized spacial score (nSPS) is 9.86. The zero-order valence-electron chi connectivity index (χ0n) is 8.33. The number of nitrogens with zero attached hydrogens (tertiary/aromatic N) is 2. The van der Waals surface area contributed by atoms with Gasteiger partial charge in [0.2, 0.25) is 5.91 Å². The quantitative estimate of drug-likeness (QED) is 0.712. The average molecular weight is 198 g/mol. The first-order valence-electron chi connectivity index (χ1n) is 4.53. The van der Waals surface area contributed by atoms with Crippen molar-refractivity contribution >= 4 is 11.9 Å². The van der Waals surface area contributed by atoms with Gasteiger partial charge in [0.15, 0.2) is 5.82 Å². The van der Waals surface area contributed by atoms with Gasteiger partial charge in [0.25, 0.3) is 0 Å². The van der Waals surface area contributed by atoms with Gasteiger partial charge in [-0.25, -0.2) is 0 Å². The molecule has 0 aliphatic carbocycles. The van der Waals surface area contributed by atoms with Crippen LogP contribution in [0.2, 0.25) is 0 Å². The van der Waals surface area contributed by atoms with E-state index in [1.54, 1.807) is 6.92 Å². The molecule has 0 spiro atoms. The largest absolute Gasteiger partial charge is 0.355 e. The third-order valence-electron chi connectivity index (χ3n) is 1.50. The van der Waals surface area contributed by atoms with Crippen molar-refractivity contribution in [3.05, 3.63) is 5.82 Å². The van der Waals surface area contributed by atoms with Crippen LogP contribution in [-0.2, 0) is 4.79 Å². The van der Waals surface area contributed by atoms with Crippen LogP contribution in [0.15, 0.2) is 4.52 Å². The zero-order valence-corrected chi connectivity index (χ0v) is 8.33. The summed E-state index contributed by atoms with van der Waals surface area (Å²) < 4.78 is 4.77. The first kappa shape index (κ1) is 10.5. The minimum Gasteiger partial charge on any atom is -0.355 e. The van der Waals surface area contributed by atoms with Crippen molar-refractivity contribution in [1.82, 2.24) is 15.5 Å². The Morgan fingerprint density at radius 2 is 2.36 bits per heavy atom. The summed E-state index contributed by atoms with van der Waals surface area (Å²) in [6, 6.07) is 0.272. The maximum Gasteiger partial charge on any atom is 0.321 e. The molecule has 0 aliphatic heterocycles. The number of rotatable bonds is 5. The molecular weight excluding hydrogens is 184 g/mol. The van der Waals surface area contributed by atoms with E-state index in [0.29, 0.717) is 12.4 Å². The van der Waals surface area contributed by atoms with Crippen LogP contribution in [0, 0.1) is 6.92 Å². The van der Waals surface area contributed by atoms with Gasteiger partial charge in [-0.15, -0.1) is 0 Å². The summed E-state index contributed by atoms with van der Waals surface area (Å²) in [5.41, 5.74) is 0. The van der Waals surface area contributed by atoms with Gasteiger partial charge in [0.05, 0.1) is 6.54 Å². The van der Waals surface area contributed by atoms with Crippen LogP contribution >= 0.6 is 0 Å². The van der Waals surface area contributed by atoms with Gasteiger partial charge in [-0.1, -0.05) is 12.1 Å². The molecule has 0 saturated carbocycles. The van der Waals surface area contributed by atoms with Gasteiger partial charge in [0.1, 0.15) is 0 Å². The molecule has 6 nitrogen and oxygen atoms in total. The predicted octanol–water partition coefficient (Wildman–Crippen LogP) is 0.316. The third kappa shape index (κ3) is 3.42. The summed E-state index contributed by atoms with van der Waals surface area (Å²) in [5, 5.41) is 9.02. The molecule has 0 radical (unpaired) electrons. The molecule has 0 saturated heterocycles. The Hall–Kier alpha value is -1.59. The van der Waals surface area contributed by atoms with Gasteiger partial charge in [0, 0.05) is 6.54 Å². The van der Waals surface area contributed by atoms with Crippen LogP contribution in [0.25, 0.3) is 0 Å². The van der Waals surface area contributed by atoms with E-state index in [0.717, 1.165) is 6.42 Å². The topological polar surface area (TPSA) is 80.0 Å². The second-order valence-electron chi connectivity index (χ2n) is 2.85. The monoisotopic (exact) mass is 198 g/mol. The first-order valence-corrected chi connectivity index (χ1v) is 4.53. The first-order chi connectivity index (χ1) is 6.72. The SMILES string of the molecule is CCCNC(=O)CNc1nc(C)no1. The van der Waals surface area contributed by atoms with Gasteiger partial charge in [-0.2, -0.15) is 4.98 Å². The lowest BCUT2D eigenvalue weighted by Crippen LogP contribution is -2.30. The molecule has 1 amide bonds. The molecule has 78 valence electrons. The van der Waals surface area contributed by atoms with E-state index in [1.807, 2.05) is 6.92 Å². The van der Waals surface area contributed by atoms with Gasteiger partial charge in [-0.3, -0.25) is 4.79 Å².